The highest BCUT2D eigenvalue weighted by molar-refractivity contribution is 7.88. The molecule has 0 fully saturated rings. The first-order valence-corrected chi connectivity index (χ1v) is 9.45. The van der Waals surface area contributed by atoms with Crippen LogP contribution in [0.1, 0.15) is 30.9 Å². The van der Waals surface area contributed by atoms with Crippen molar-refractivity contribution in [2.75, 3.05) is 25.9 Å². The number of hydrogen-bond acceptors (Lipinski definition) is 3. The number of benzene rings is 1. The van der Waals surface area contributed by atoms with E-state index in [1.807, 2.05) is 38.1 Å². The average Bonchev–Trinajstić information content (AvgIpc) is 2.43. The monoisotopic (exact) mass is 326 g/mol. The van der Waals surface area contributed by atoms with Gasteiger partial charge in [0.05, 0.1) is 12.7 Å². The number of amides is 1. The lowest BCUT2D eigenvalue weighted by Gasteiger charge is -2.19. The fourth-order valence-corrected chi connectivity index (χ4v) is 3.03. The normalized spacial score (nSPS) is 11.6. The van der Waals surface area contributed by atoms with Crippen molar-refractivity contribution in [1.29, 1.82) is 0 Å². The van der Waals surface area contributed by atoms with E-state index in [-0.39, 0.29) is 5.91 Å². The highest BCUT2D eigenvalue weighted by Gasteiger charge is 2.15. The van der Waals surface area contributed by atoms with Gasteiger partial charge in [0.25, 0.3) is 0 Å². The smallest absolute Gasteiger partial charge is 0.224 e. The first-order valence-electron chi connectivity index (χ1n) is 7.61. The standard InChI is InChI=1S/C16H26N2O3S/c1-4-5-11-18(22(3,20)21)12-10-17-16(19)13-15-9-7-6-8-14(15)2/h6-9H,4-5,10-13H2,1-3H3,(H,17,19). The predicted octanol–water partition coefficient (Wildman–Crippen LogP) is 1.72. The third-order valence-corrected chi connectivity index (χ3v) is 4.83. The zero-order valence-corrected chi connectivity index (χ0v) is 14.4. The minimum absolute atomic E-state index is 0.0850. The van der Waals surface area contributed by atoms with Gasteiger partial charge in [0.1, 0.15) is 0 Å². The summed E-state index contributed by atoms with van der Waals surface area (Å²) in [6.45, 7) is 5.14. The van der Waals surface area contributed by atoms with Gasteiger partial charge in [0, 0.05) is 19.6 Å². The number of sulfonamides is 1. The Bertz CT molecular complexity index is 585. The van der Waals surface area contributed by atoms with Gasteiger partial charge in [-0.25, -0.2) is 12.7 Å². The summed E-state index contributed by atoms with van der Waals surface area (Å²) < 4.78 is 24.7. The number of carbonyl (C=O) groups is 1. The van der Waals surface area contributed by atoms with Gasteiger partial charge in [-0.05, 0) is 24.5 Å². The summed E-state index contributed by atoms with van der Waals surface area (Å²) in [4.78, 5) is 11.9. The maximum Gasteiger partial charge on any atom is 0.224 e. The van der Waals surface area contributed by atoms with Gasteiger partial charge in [-0.1, -0.05) is 37.6 Å². The molecule has 0 saturated heterocycles. The molecule has 22 heavy (non-hydrogen) atoms. The largest absolute Gasteiger partial charge is 0.354 e. The predicted molar refractivity (Wildman–Crippen MR) is 89.2 cm³/mol. The first kappa shape index (κ1) is 18.6. The van der Waals surface area contributed by atoms with Crippen molar-refractivity contribution in [3.8, 4) is 0 Å². The SMILES string of the molecule is CCCCN(CCNC(=O)Cc1ccccc1C)S(C)(=O)=O. The van der Waals surface area contributed by atoms with E-state index in [1.54, 1.807) is 0 Å². The van der Waals surface area contributed by atoms with Crippen LogP contribution in [0.4, 0.5) is 0 Å². The van der Waals surface area contributed by atoms with Crippen LogP contribution in [0.3, 0.4) is 0 Å². The van der Waals surface area contributed by atoms with Crippen molar-refractivity contribution in [2.24, 2.45) is 0 Å². The molecule has 0 aromatic heterocycles. The number of nitrogens with zero attached hydrogens (tertiary/aromatic N) is 1. The number of rotatable bonds is 9. The number of carbonyl (C=O) groups excluding carboxylic acids is 1. The lowest BCUT2D eigenvalue weighted by molar-refractivity contribution is -0.120. The molecular weight excluding hydrogens is 300 g/mol. The second-order valence-corrected chi connectivity index (χ2v) is 7.45. The summed E-state index contributed by atoms with van der Waals surface area (Å²) >= 11 is 0. The van der Waals surface area contributed by atoms with Crippen molar-refractivity contribution < 1.29 is 13.2 Å². The Labute approximate surface area is 133 Å². The van der Waals surface area contributed by atoms with Gasteiger partial charge in [0.2, 0.25) is 15.9 Å². The molecule has 0 aliphatic rings. The van der Waals surface area contributed by atoms with Gasteiger partial charge in [-0.3, -0.25) is 4.79 Å². The third-order valence-electron chi connectivity index (χ3n) is 3.53. The Kier molecular flexibility index (Phi) is 7.55. The van der Waals surface area contributed by atoms with Gasteiger partial charge < -0.3 is 5.32 Å². The highest BCUT2D eigenvalue weighted by Crippen LogP contribution is 2.07. The molecule has 1 N–H and O–H groups in total. The quantitative estimate of drug-likeness (QED) is 0.751. The number of aryl methyl sites for hydroxylation is 1. The maximum atomic E-state index is 11.9. The van der Waals surface area contributed by atoms with Crippen LogP contribution in [0.5, 0.6) is 0 Å². The number of nitrogens with one attached hydrogen (secondary N) is 1. The summed E-state index contributed by atoms with van der Waals surface area (Å²) in [5.41, 5.74) is 2.07. The van der Waals surface area contributed by atoms with E-state index in [2.05, 4.69) is 5.32 Å². The lowest BCUT2D eigenvalue weighted by Crippen LogP contribution is -2.39. The molecule has 0 aliphatic carbocycles. The molecule has 124 valence electrons. The molecule has 0 unspecified atom stereocenters. The Morgan fingerprint density at radius 2 is 1.91 bits per heavy atom. The maximum absolute atomic E-state index is 11.9. The second kappa shape index (κ2) is 8.90. The fraction of sp³-hybridized carbons (Fsp3) is 0.562. The van der Waals surface area contributed by atoms with Crippen molar-refractivity contribution in [1.82, 2.24) is 9.62 Å². The minimum atomic E-state index is -3.22. The number of hydrogen-bond donors (Lipinski definition) is 1. The zero-order chi connectivity index (χ0) is 16.6. The van der Waals surface area contributed by atoms with Gasteiger partial charge in [-0.15, -0.1) is 0 Å². The van der Waals surface area contributed by atoms with Crippen LogP contribution in [0.15, 0.2) is 24.3 Å². The molecule has 1 aromatic rings. The van der Waals surface area contributed by atoms with E-state index in [1.165, 1.54) is 10.6 Å². The molecule has 0 bridgehead atoms. The second-order valence-electron chi connectivity index (χ2n) is 5.47. The molecule has 1 amide bonds. The highest BCUT2D eigenvalue weighted by atomic mass is 32.2. The Morgan fingerprint density at radius 3 is 2.50 bits per heavy atom. The molecule has 5 nitrogen and oxygen atoms in total. The van der Waals surface area contributed by atoms with Crippen molar-refractivity contribution >= 4 is 15.9 Å². The first-order chi connectivity index (χ1) is 10.3. The fourth-order valence-electron chi connectivity index (χ4n) is 2.14. The Balaban J connectivity index is 2.44. The topological polar surface area (TPSA) is 66.5 Å². The van der Waals surface area contributed by atoms with Gasteiger partial charge >= 0.3 is 0 Å². The van der Waals surface area contributed by atoms with E-state index in [4.69, 9.17) is 0 Å². The molecule has 0 atom stereocenters. The van der Waals surface area contributed by atoms with Crippen LogP contribution in [-0.4, -0.2) is 44.5 Å². The summed E-state index contributed by atoms with van der Waals surface area (Å²) in [6.07, 6.45) is 3.29. The zero-order valence-electron chi connectivity index (χ0n) is 13.6. The van der Waals surface area contributed by atoms with Crippen molar-refractivity contribution in [3.63, 3.8) is 0 Å². The van der Waals surface area contributed by atoms with Gasteiger partial charge in [0.15, 0.2) is 0 Å². The molecule has 0 aliphatic heterocycles. The summed E-state index contributed by atoms with van der Waals surface area (Å²) in [5, 5.41) is 2.79. The van der Waals surface area contributed by atoms with Crippen LogP contribution in [0, 0.1) is 6.92 Å². The Hall–Kier alpha value is -1.40. The van der Waals surface area contributed by atoms with Crippen LogP contribution in [0.2, 0.25) is 0 Å². The van der Waals surface area contributed by atoms with E-state index >= 15 is 0 Å². The summed E-state index contributed by atoms with van der Waals surface area (Å²) in [7, 11) is -3.22. The van der Waals surface area contributed by atoms with Gasteiger partial charge in [-0.2, -0.15) is 0 Å². The summed E-state index contributed by atoms with van der Waals surface area (Å²) in [6, 6.07) is 7.75. The molecule has 0 spiro atoms. The van der Waals surface area contributed by atoms with E-state index < -0.39 is 10.0 Å². The number of unbranched alkanes of at least 4 members (excludes halogenated alkanes) is 1. The lowest BCUT2D eigenvalue weighted by atomic mass is 10.1. The molecular formula is C16H26N2O3S. The molecule has 0 saturated carbocycles. The van der Waals surface area contributed by atoms with Crippen LogP contribution >= 0.6 is 0 Å². The minimum Gasteiger partial charge on any atom is -0.354 e. The third kappa shape index (κ3) is 6.58. The van der Waals surface area contributed by atoms with Crippen LogP contribution in [-0.2, 0) is 21.2 Å². The molecule has 1 rings (SSSR count). The molecule has 6 heteroatoms. The molecule has 1 aromatic carbocycles. The van der Waals surface area contributed by atoms with Crippen molar-refractivity contribution in [2.45, 2.75) is 33.1 Å². The van der Waals surface area contributed by atoms with Crippen LogP contribution < -0.4 is 5.32 Å². The van der Waals surface area contributed by atoms with E-state index in [0.717, 1.165) is 24.0 Å². The summed E-state index contributed by atoms with van der Waals surface area (Å²) in [5.74, 6) is -0.0850. The van der Waals surface area contributed by atoms with E-state index in [9.17, 15) is 13.2 Å². The Morgan fingerprint density at radius 1 is 1.23 bits per heavy atom. The van der Waals surface area contributed by atoms with Crippen LogP contribution in [0.25, 0.3) is 0 Å². The van der Waals surface area contributed by atoms with Crippen molar-refractivity contribution in [3.05, 3.63) is 35.4 Å². The average molecular weight is 326 g/mol. The molecule has 0 radical (unpaired) electrons. The van der Waals surface area contributed by atoms with E-state index in [0.29, 0.717) is 26.1 Å². The molecule has 0 heterocycles.